The molecule has 1 aromatic heterocycles. The van der Waals surface area contributed by atoms with Crippen molar-refractivity contribution in [3.05, 3.63) is 98.3 Å². The van der Waals surface area contributed by atoms with Crippen LogP contribution in [0.4, 0.5) is 0 Å². The molecule has 1 aliphatic rings. The van der Waals surface area contributed by atoms with Crippen LogP contribution >= 0.6 is 15.9 Å². The van der Waals surface area contributed by atoms with Crippen LogP contribution in [0, 0.1) is 22.0 Å². The van der Waals surface area contributed by atoms with Crippen molar-refractivity contribution in [3.8, 4) is 11.5 Å². The molecule has 10 nitrogen and oxygen atoms in total. The molecular weight excluding hydrogens is 606 g/mol. The molecule has 2 aromatic carbocycles. The smallest absolute Gasteiger partial charge is 0.313 e. The lowest BCUT2D eigenvalue weighted by atomic mass is 9.78. The van der Waals surface area contributed by atoms with E-state index >= 15 is 0 Å². The van der Waals surface area contributed by atoms with Crippen molar-refractivity contribution in [1.82, 2.24) is 9.88 Å². The summed E-state index contributed by atoms with van der Waals surface area (Å²) in [6.45, 7) is 6.74. The standard InChI is InChI=1S/C31H32BrN3O7/c1-18(2)30(37)41-25-12-11-21(14-26(25)42-31(38)19(3)4)28-29(35(39)40)23(22-9-5-6-10-24(22)32)15-27(36)34(28)17-20-8-7-13-33-16-20/h5-14,16,18-19,23,28-29H,15,17H2,1-4H3/t23-,28+,29-/m0/s1. The molecule has 0 N–H and O–H groups in total. The molecule has 0 radical (unpaired) electrons. The van der Waals surface area contributed by atoms with Gasteiger partial charge in [0.1, 0.15) is 6.04 Å². The number of benzene rings is 2. The number of halogens is 1. The van der Waals surface area contributed by atoms with Crippen LogP contribution in [0.25, 0.3) is 0 Å². The molecule has 1 amide bonds. The molecule has 0 aliphatic carbocycles. The van der Waals surface area contributed by atoms with Gasteiger partial charge >= 0.3 is 11.9 Å². The summed E-state index contributed by atoms with van der Waals surface area (Å²) in [5.41, 5.74) is 1.71. The zero-order chi connectivity index (χ0) is 30.6. The van der Waals surface area contributed by atoms with E-state index < -0.39 is 41.8 Å². The third-order valence-electron chi connectivity index (χ3n) is 7.08. The first-order valence-corrected chi connectivity index (χ1v) is 14.4. The second-order valence-electron chi connectivity index (χ2n) is 10.8. The Labute approximate surface area is 252 Å². The first kappa shape index (κ1) is 30.8. The molecule has 220 valence electrons. The number of amides is 1. The average Bonchev–Trinajstić information content (AvgIpc) is 2.95. The number of piperidine rings is 1. The van der Waals surface area contributed by atoms with Crippen molar-refractivity contribution in [2.75, 3.05) is 0 Å². The van der Waals surface area contributed by atoms with E-state index in [1.165, 1.54) is 17.0 Å². The predicted molar refractivity (Wildman–Crippen MR) is 157 cm³/mol. The number of carbonyl (C=O) groups is 3. The Balaban J connectivity index is 1.88. The molecule has 0 unspecified atom stereocenters. The molecule has 3 aromatic rings. The van der Waals surface area contributed by atoms with Crippen molar-refractivity contribution < 1.29 is 28.8 Å². The summed E-state index contributed by atoms with van der Waals surface area (Å²) < 4.78 is 11.8. The van der Waals surface area contributed by atoms with Crippen LogP contribution in [0.1, 0.15) is 62.8 Å². The van der Waals surface area contributed by atoms with Gasteiger partial charge in [-0.05, 0) is 41.0 Å². The maximum atomic E-state index is 13.8. The second kappa shape index (κ2) is 13.2. The molecule has 1 aliphatic heterocycles. The van der Waals surface area contributed by atoms with Gasteiger partial charge in [-0.2, -0.15) is 0 Å². The lowest BCUT2D eigenvalue weighted by Crippen LogP contribution is -2.51. The Morgan fingerprint density at radius 1 is 1.02 bits per heavy atom. The Bertz CT molecular complexity index is 1480. The van der Waals surface area contributed by atoms with E-state index in [1.807, 2.05) is 0 Å². The quantitative estimate of drug-likeness (QED) is 0.123. The van der Waals surface area contributed by atoms with E-state index in [9.17, 15) is 24.5 Å². The topological polar surface area (TPSA) is 129 Å². The van der Waals surface area contributed by atoms with Crippen molar-refractivity contribution in [2.45, 2.75) is 58.7 Å². The molecule has 42 heavy (non-hydrogen) atoms. The fraction of sp³-hybridized carbons (Fsp3) is 0.355. The third kappa shape index (κ3) is 6.84. The highest BCUT2D eigenvalue weighted by Gasteiger charge is 2.51. The lowest BCUT2D eigenvalue weighted by Gasteiger charge is -2.41. The summed E-state index contributed by atoms with van der Waals surface area (Å²) >= 11 is 3.51. The summed E-state index contributed by atoms with van der Waals surface area (Å²) in [7, 11) is 0. The highest BCUT2D eigenvalue weighted by Crippen LogP contribution is 2.46. The van der Waals surface area contributed by atoms with E-state index in [2.05, 4.69) is 20.9 Å². The van der Waals surface area contributed by atoms with E-state index in [4.69, 9.17) is 9.47 Å². The van der Waals surface area contributed by atoms with Gasteiger partial charge in [-0.15, -0.1) is 0 Å². The zero-order valence-electron chi connectivity index (χ0n) is 23.7. The van der Waals surface area contributed by atoms with Crippen molar-refractivity contribution in [2.24, 2.45) is 11.8 Å². The van der Waals surface area contributed by atoms with Crippen LogP contribution in [0.3, 0.4) is 0 Å². The van der Waals surface area contributed by atoms with Gasteiger partial charge in [0.05, 0.1) is 17.8 Å². The number of nitrogens with zero attached hydrogens (tertiary/aromatic N) is 3. The Morgan fingerprint density at radius 2 is 1.69 bits per heavy atom. The summed E-state index contributed by atoms with van der Waals surface area (Å²) in [5.74, 6) is -3.13. The zero-order valence-corrected chi connectivity index (χ0v) is 25.3. The third-order valence-corrected chi connectivity index (χ3v) is 7.81. The second-order valence-corrected chi connectivity index (χ2v) is 11.6. The maximum absolute atomic E-state index is 13.8. The largest absolute Gasteiger partial charge is 0.422 e. The number of ether oxygens (including phenoxy) is 2. The van der Waals surface area contributed by atoms with Crippen LogP contribution < -0.4 is 9.47 Å². The number of hydrogen-bond acceptors (Lipinski definition) is 8. The molecule has 4 rings (SSSR count). The summed E-state index contributed by atoms with van der Waals surface area (Å²) in [6.07, 6.45) is 3.13. The van der Waals surface area contributed by atoms with Crippen LogP contribution in [0.2, 0.25) is 0 Å². The molecule has 11 heteroatoms. The van der Waals surface area contributed by atoms with E-state index in [0.717, 1.165) is 0 Å². The molecule has 3 atom stereocenters. The number of nitro groups is 1. The predicted octanol–water partition coefficient (Wildman–Crippen LogP) is 5.87. The van der Waals surface area contributed by atoms with Crippen LogP contribution in [-0.4, -0.2) is 38.7 Å². The minimum absolute atomic E-state index is 0.00685. The van der Waals surface area contributed by atoms with E-state index in [-0.39, 0.29) is 35.3 Å². The molecule has 1 saturated heterocycles. The summed E-state index contributed by atoms with van der Waals surface area (Å²) in [5, 5.41) is 12.9. The number of carbonyl (C=O) groups excluding carboxylic acids is 3. The molecule has 1 fully saturated rings. The number of likely N-dealkylation sites (tertiary alicyclic amines) is 1. The maximum Gasteiger partial charge on any atom is 0.313 e. The fourth-order valence-corrected chi connectivity index (χ4v) is 5.47. The van der Waals surface area contributed by atoms with Gasteiger partial charge in [0.25, 0.3) is 0 Å². The minimum Gasteiger partial charge on any atom is -0.422 e. The first-order valence-electron chi connectivity index (χ1n) is 13.6. The highest BCUT2D eigenvalue weighted by molar-refractivity contribution is 9.10. The summed E-state index contributed by atoms with van der Waals surface area (Å²) in [6, 6.07) is 12.8. The minimum atomic E-state index is -1.25. The number of aromatic nitrogens is 1. The average molecular weight is 639 g/mol. The molecule has 0 spiro atoms. The number of pyridine rings is 1. The number of esters is 2. The van der Waals surface area contributed by atoms with E-state index in [1.54, 1.807) is 82.6 Å². The van der Waals surface area contributed by atoms with Gasteiger partial charge in [0.15, 0.2) is 11.5 Å². The van der Waals surface area contributed by atoms with Gasteiger partial charge < -0.3 is 14.4 Å². The van der Waals surface area contributed by atoms with Crippen molar-refractivity contribution >= 4 is 33.8 Å². The molecule has 2 heterocycles. The van der Waals surface area contributed by atoms with Gasteiger partial charge in [-0.1, -0.05) is 74.0 Å². The lowest BCUT2D eigenvalue weighted by molar-refractivity contribution is -0.537. The SMILES string of the molecule is CC(C)C(=O)Oc1ccc([C@@H]2[C@@H]([N+](=O)[O-])[C@H](c3ccccc3Br)CC(=O)N2Cc2cccnc2)cc1OC(=O)C(C)C. The summed E-state index contributed by atoms with van der Waals surface area (Å²) in [4.78, 5) is 57.0. The van der Waals surface area contributed by atoms with Crippen molar-refractivity contribution in [1.29, 1.82) is 0 Å². The fourth-order valence-electron chi connectivity index (χ4n) is 4.89. The van der Waals surface area contributed by atoms with Crippen molar-refractivity contribution in [3.63, 3.8) is 0 Å². The highest BCUT2D eigenvalue weighted by atomic mass is 79.9. The number of rotatable bonds is 9. The van der Waals surface area contributed by atoms with Gasteiger partial charge in [0, 0.05) is 34.8 Å². The molecule has 0 bridgehead atoms. The molecular formula is C31H32BrN3O7. The Morgan fingerprint density at radius 3 is 2.29 bits per heavy atom. The van der Waals surface area contributed by atoms with E-state index in [0.29, 0.717) is 21.2 Å². The van der Waals surface area contributed by atoms with Gasteiger partial charge in [-0.3, -0.25) is 29.5 Å². The van der Waals surface area contributed by atoms with Crippen LogP contribution in [-0.2, 0) is 20.9 Å². The van der Waals surface area contributed by atoms with Crippen LogP contribution in [0.15, 0.2) is 71.5 Å². The monoisotopic (exact) mass is 637 g/mol. The number of hydrogen-bond donors (Lipinski definition) is 0. The van der Waals surface area contributed by atoms with Gasteiger partial charge in [-0.25, -0.2) is 0 Å². The van der Waals surface area contributed by atoms with Gasteiger partial charge in [0.2, 0.25) is 11.9 Å². The Kier molecular flexibility index (Phi) is 9.72. The molecule has 0 saturated carbocycles. The Hall–Kier alpha value is -4.12. The first-order chi connectivity index (χ1) is 20.0. The van der Waals surface area contributed by atoms with Crippen LogP contribution in [0.5, 0.6) is 11.5 Å². The normalized spacial score (nSPS) is 18.7.